The molecule has 2 aromatic carbocycles. The first-order valence-corrected chi connectivity index (χ1v) is 7.26. The van der Waals surface area contributed by atoms with Crippen molar-refractivity contribution in [3.05, 3.63) is 50.4 Å². The SMILES string of the molecule is CC(=O)c1cc(Nc2ccc(Br)c(Cl)c2Cl)ccc1N. The predicted octanol–water partition coefficient (Wildman–Crippen LogP) is 5.28. The molecule has 0 fully saturated rings. The summed E-state index contributed by atoms with van der Waals surface area (Å²) in [6.45, 7) is 1.47. The minimum atomic E-state index is -0.0916. The van der Waals surface area contributed by atoms with Gasteiger partial charge in [0, 0.05) is 21.4 Å². The number of hydrogen-bond donors (Lipinski definition) is 2. The van der Waals surface area contributed by atoms with Crippen LogP contribution in [-0.4, -0.2) is 5.78 Å². The van der Waals surface area contributed by atoms with Crippen LogP contribution in [0.25, 0.3) is 0 Å². The summed E-state index contributed by atoms with van der Waals surface area (Å²) < 4.78 is 0.719. The van der Waals surface area contributed by atoms with E-state index in [1.54, 1.807) is 30.3 Å². The lowest BCUT2D eigenvalue weighted by molar-refractivity contribution is 0.101. The second-order valence-electron chi connectivity index (χ2n) is 4.21. The molecule has 0 saturated heterocycles. The van der Waals surface area contributed by atoms with Crippen LogP contribution in [0.1, 0.15) is 17.3 Å². The molecule has 0 aliphatic carbocycles. The van der Waals surface area contributed by atoms with Crippen LogP contribution in [0.5, 0.6) is 0 Å². The van der Waals surface area contributed by atoms with Crippen LogP contribution < -0.4 is 11.1 Å². The van der Waals surface area contributed by atoms with Gasteiger partial charge in [-0.05, 0) is 53.2 Å². The number of ketones is 1. The number of nitrogens with one attached hydrogen (secondary N) is 1. The molecular formula is C14H11BrCl2N2O. The van der Waals surface area contributed by atoms with Gasteiger partial charge in [-0.2, -0.15) is 0 Å². The van der Waals surface area contributed by atoms with Gasteiger partial charge in [-0.25, -0.2) is 0 Å². The topological polar surface area (TPSA) is 55.1 Å². The van der Waals surface area contributed by atoms with E-state index >= 15 is 0 Å². The molecule has 0 spiro atoms. The van der Waals surface area contributed by atoms with Crippen molar-refractivity contribution in [2.45, 2.75) is 6.92 Å². The summed E-state index contributed by atoms with van der Waals surface area (Å²) in [5.41, 5.74) is 8.03. The van der Waals surface area contributed by atoms with Gasteiger partial charge in [0.1, 0.15) is 0 Å². The fourth-order valence-corrected chi connectivity index (χ4v) is 2.54. The molecule has 3 nitrogen and oxygen atoms in total. The number of halogens is 3. The smallest absolute Gasteiger partial charge is 0.161 e. The average molecular weight is 374 g/mol. The molecule has 0 radical (unpaired) electrons. The van der Waals surface area contributed by atoms with Gasteiger partial charge >= 0.3 is 0 Å². The second-order valence-corrected chi connectivity index (χ2v) is 5.82. The minimum Gasteiger partial charge on any atom is -0.398 e. The van der Waals surface area contributed by atoms with Gasteiger partial charge in [0.2, 0.25) is 0 Å². The number of hydrogen-bond acceptors (Lipinski definition) is 3. The zero-order valence-corrected chi connectivity index (χ0v) is 13.6. The van der Waals surface area contributed by atoms with Gasteiger partial charge in [0.25, 0.3) is 0 Å². The molecule has 0 saturated carbocycles. The number of anilines is 3. The third-order valence-corrected chi connectivity index (χ3v) is 4.52. The van der Waals surface area contributed by atoms with Crippen LogP contribution in [0, 0.1) is 0 Å². The molecule has 0 heterocycles. The number of rotatable bonds is 3. The number of benzene rings is 2. The van der Waals surface area contributed by atoms with E-state index in [1.165, 1.54) is 6.92 Å². The summed E-state index contributed by atoms with van der Waals surface area (Å²) in [6, 6.07) is 8.72. The minimum absolute atomic E-state index is 0.0916. The lowest BCUT2D eigenvalue weighted by Crippen LogP contribution is -2.01. The summed E-state index contributed by atoms with van der Waals surface area (Å²) in [7, 11) is 0. The van der Waals surface area contributed by atoms with E-state index in [0.717, 1.165) is 4.47 Å². The highest BCUT2D eigenvalue weighted by Gasteiger charge is 2.10. The molecule has 0 atom stereocenters. The van der Waals surface area contributed by atoms with E-state index in [2.05, 4.69) is 21.2 Å². The zero-order valence-electron chi connectivity index (χ0n) is 10.5. The van der Waals surface area contributed by atoms with E-state index < -0.39 is 0 Å². The van der Waals surface area contributed by atoms with Crippen molar-refractivity contribution in [1.29, 1.82) is 0 Å². The van der Waals surface area contributed by atoms with Crippen molar-refractivity contribution in [3.63, 3.8) is 0 Å². The van der Waals surface area contributed by atoms with E-state index in [9.17, 15) is 4.79 Å². The molecule has 0 aliphatic heterocycles. The van der Waals surface area contributed by atoms with Gasteiger partial charge in [0.15, 0.2) is 5.78 Å². The number of carbonyl (C=O) groups is 1. The van der Waals surface area contributed by atoms with Crippen molar-refractivity contribution in [2.75, 3.05) is 11.1 Å². The number of nitrogen functional groups attached to an aromatic ring is 1. The van der Waals surface area contributed by atoms with Crippen molar-refractivity contribution in [2.24, 2.45) is 0 Å². The molecule has 0 amide bonds. The molecule has 3 N–H and O–H groups in total. The first kappa shape index (κ1) is 15.2. The molecule has 2 aromatic rings. The van der Waals surface area contributed by atoms with E-state index in [0.29, 0.717) is 32.7 Å². The Labute approximate surface area is 135 Å². The maximum atomic E-state index is 11.5. The Morgan fingerprint density at radius 2 is 1.90 bits per heavy atom. The van der Waals surface area contributed by atoms with E-state index in [1.807, 2.05) is 0 Å². The largest absolute Gasteiger partial charge is 0.398 e. The number of Topliss-reactive ketones (excluding diaryl/α,β-unsaturated/α-hetero) is 1. The quantitative estimate of drug-likeness (QED) is 0.437. The highest BCUT2D eigenvalue weighted by Crippen LogP contribution is 2.37. The highest BCUT2D eigenvalue weighted by atomic mass is 79.9. The summed E-state index contributed by atoms with van der Waals surface area (Å²) in [6.07, 6.45) is 0. The van der Waals surface area contributed by atoms with Crippen molar-refractivity contribution >= 4 is 62.0 Å². The van der Waals surface area contributed by atoms with Crippen LogP contribution in [0.15, 0.2) is 34.8 Å². The third-order valence-electron chi connectivity index (χ3n) is 2.75. The Morgan fingerprint density at radius 3 is 2.55 bits per heavy atom. The average Bonchev–Trinajstić information content (AvgIpc) is 2.41. The fraction of sp³-hybridized carbons (Fsp3) is 0.0714. The van der Waals surface area contributed by atoms with Crippen molar-refractivity contribution < 1.29 is 4.79 Å². The number of nitrogens with two attached hydrogens (primary N) is 1. The van der Waals surface area contributed by atoms with Gasteiger partial charge in [-0.15, -0.1) is 0 Å². The van der Waals surface area contributed by atoms with Gasteiger partial charge in [-0.1, -0.05) is 23.2 Å². The summed E-state index contributed by atoms with van der Waals surface area (Å²) >= 11 is 15.5. The molecule has 0 bridgehead atoms. The Kier molecular flexibility index (Phi) is 4.58. The first-order valence-electron chi connectivity index (χ1n) is 5.71. The maximum absolute atomic E-state index is 11.5. The molecule has 0 aliphatic rings. The zero-order chi connectivity index (χ0) is 14.9. The standard InChI is InChI=1S/C14H11BrCl2N2O/c1-7(20)9-6-8(2-4-11(9)18)19-12-5-3-10(15)13(16)14(12)17/h2-6,19H,18H2,1H3. The molecule has 0 aromatic heterocycles. The Bertz CT molecular complexity index is 689. The van der Waals surface area contributed by atoms with Gasteiger partial charge in [-0.3, -0.25) is 4.79 Å². The predicted molar refractivity (Wildman–Crippen MR) is 88.3 cm³/mol. The van der Waals surface area contributed by atoms with Crippen LogP contribution >= 0.6 is 39.1 Å². The highest BCUT2D eigenvalue weighted by molar-refractivity contribution is 9.10. The molecule has 6 heteroatoms. The molecular weight excluding hydrogens is 363 g/mol. The van der Waals surface area contributed by atoms with Crippen LogP contribution in [0.2, 0.25) is 10.0 Å². The lowest BCUT2D eigenvalue weighted by atomic mass is 10.1. The molecule has 20 heavy (non-hydrogen) atoms. The summed E-state index contributed by atoms with van der Waals surface area (Å²) in [5, 5.41) is 3.95. The van der Waals surface area contributed by atoms with Gasteiger partial charge < -0.3 is 11.1 Å². The van der Waals surface area contributed by atoms with Crippen molar-refractivity contribution in [1.82, 2.24) is 0 Å². The van der Waals surface area contributed by atoms with Crippen molar-refractivity contribution in [3.8, 4) is 0 Å². The van der Waals surface area contributed by atoms with Crippen LogP contribution in [0.3, 0.4) is 0 Å². The van der Waals surface area contributed by atoms with Gasteiger partial charge in [0.05, 0.1) is 15.7 Å². The van der Waals surface area contributed by atoms with Crippen LogP contribution in [0.4, 0.5) is 17.1 Å². The Balaban J connectivity index is 2.38. The molecule has 104 valence electrons. The number of carbonyl (C=O) groups excluding carboxylic acids is 1. The second kappa shape index (κ2) is 6.04. The summed E-state index contributed by atoms with van der Waals surface area (Å²) in [5.74, 6) is -0.0916. The lowest BCUT2D eigenvalue weighted by Gasteiger charge is -2.12. The summed E-state index contributed by atoms with van der Waals surface area (Å²) in [4.78, 5) is 11.5. The van der Waals surface area contributed by atoms with E-state index in [4.69, 9.17) is 28.9 Å². The Morgan fingerprint density at radius 1 is 1.20 bits per heavy atom. The molecule has 0 unspecified atom stereocenters. The third kappa shape index (κ3) is 3.08. The molecule has 2 rings (SSSR count). The van der Waals surface area contributed by atoms with Crippen LogP contribution in [-0.2, 0) is 0 Å². The first-order chi connectivity index (χ1) is 9.40. The Hall–Kier alpha value is -1.23. The monoisotopic (exact) mass is 372 g/mol. The van der Waals surface area contributed by atoms with E-state index in [-0.39, 0.29) is 5.78 Å². The fourth-order valence-electron chi connectivity index (χ4n) is 1.72. The normalized spacial score (nSPS) is 10.4. The maximum Gasteiger partial charge on any atom is 0.161 e.